The Kier molecular flexibility index (Phi) is 7.32. The van der Waals surface area contributed by atoms with Crippen LogP contribution in [0.5, 0.6) is 0 Å². The van der Waals surface area contributed by atoms with E-state index in [4.69, 9.17) is 4.74 Å². The van der Waals surface area contributed by atoms with Crippen LogP contribution in [0.2, 0.25) is 0 Å². The quantitative estimate of drug-likeness (QED) is 0.498. The summed E-state index contributed by atoms with van der Waals surface area (Å²) in [6, 6.07) is 19.1. The van der Waals surface area contributed by atoms with Gasteiger partial charge < -0.3 is 10.1 Å². The van der Waals surface area contributed by atoms with Crippen LogP contribution in [0.15, 0.2) is 66.0 Å². The van der Waals surface area contributed by atoms with Gasteiger partial charge in [-0.2, -0.15) is 0 Å². The van der Waals surface area contributed by atoms with Gasteiger partial charge in [-0.25, -0.2) is 9.78 Å². The van der Waals surface area contributed by atoms with Crippen LogP contribution in [0.1, 0.15) is 44.0 Å². The van der Waals surface area contributed by atoms with Gasteiger partial charge >= 0.3 is 6.09 Å². The molecule has 3 aromatic rings. The van der Waals surface area contributed by atoms with E-state index in [1.807, 2.05) is 53.9 Å². The molecule has 0 saturated carbocycles. The van der Waals surface area contributed by atoms with Crippen LogP contribution in [0, 0.1) is 5.92 Å². The highest BCUT2D eigenvalue weighted by Gasteiger charge is 2.40. The number of thiazole rings is 1. The Labute approximate surface area is 205 Å². The molecule has 2 amide bonds. The number of carbonyl (C=O) groups excluding carboxylic acids is 2. The summed E-state index contributed by atoms with van der Waals surface area (Å²) in [5, 5.41) is 5.46. The number of benzene rings is 2. The average Bonchev–Trinajstić information content (AvgIpc) is 3.46. The summed E-state index contributed by atoms with van der Waals surface area (Å²) in [4.78, 5) is 32.4. The molecular formula is C27H31N3O3S. The van der Waals surface area contributed by atoms with Crippen LogP contribution >= 0.6 is 11.3 Å². The first-order chi connectivity index (χ1) is 16.3. The summed E-state index contributed by atoms with van der Waals surface area (Å²) >= 11 is 1.41. The van der Waals surface area contributed by atoms with Crippen molar-refractivity contribution in [2.45, 2.75) is 51.7 Å². The van der Waals surface area contributed by atoms with Crippen LogP contribution in [-0.2, 0) is 28.0 Å². The zero-order valence-corrected chi connectivity index (χ0v) is 20.7. The normalized spacial score (nSPS) is 18.0. The number of hydrogen-bond donors (Lipinski definition) is 1. The van der Waals surface area contributed by atoms with Gasteiger partial charge in [0, 0.05) is 17.3 Å². The highest BCUT2D eigenvalue weighted by molar-refractivity contribution is 7.14. The highest BCUT2D eigenvalue weighted by Crippen LogP contribution is 2.30. The van der Waals surface area contributed by atoms with Gasteiger partial charge in [0.2, 0.25) is 5.91 Å². The van der Waals surface area contributed by atoms with E-state index < -0.39 is 12.1 Å². The van der Waals surface area contributed by atoms with Crippen LogP contribution in [0.4, 0.5) is 9.93 Å². The maximum absolute atomic E-state index is 13.3. The van der Waals surface area contributed by atoms with Crippen LogP contribution in [0.25, 0.3) is 0 Å². The first-order valence-corrected chi connectivity index (χ1v) is 12.5. The molecule has 1 fully saturated rings. The van der Waals surface area contributed by atoms with Gasteiger partial charge in [0.1, 0.15) is 12.6 Å². The monoisotopic (exact) mass is 477 g/mol. The molecule has 6 nitrogen and oxygen atoms in total. The average molecular weight is 478 g/mol. The zero-order valence-electron chi connectivity index (χ0n) is 19.9. The third-order valence-electron chi connectivity index (χ3n) is 6.00. The van der Waals surface area contributed by atoms with E-state index in [9.17, 15) is 9.59 Å². The number of anilines is 1. The molecule has 1 aliphatic rings. The maximum atomic E-state index is 13.3. The molecule has 4 rings (SSSR count). The lowest BCUT2D eigenvalue weighted by Crippen LogP contribution is -2.43. The molecule has 1 saturated heterocycles. The Balaban J connectivity index is 1.46. The van der Waals surface area contributed by atoms with E-state index in [1.165, 1.54) is 16.9 Å². The van der Waals surface area contributed by atoms with E-state index in [1.54, 1.807) is 4.90 Å². The standard InChI is InChI=1S/C27H31N3O3S/c1-27(2,3)23-18-34-25(28-23)29-24(31)22-15-21(14-19-10-6-4-7-11-19)16-30(22)26(32)33-17-20-12-8-5-9-13-20/h4-13,18,21-22H,14-17H2,1-3H3,(H,28,29,31). The third-order valence-corrected chi connectivity index (χ3v) is 6.76. The fourth-order valence-electron chi connectivity index (χ4n) is 4.14. The Morgan fingerprint density at radius 2 is 1.71 bits per heavy atom. The van der Waals surface area contributed by atoms with Gasteiger partial charge in [-0.15, -0.1) is 11.3 Å². The lowest BCUT2D eigenvalue weighted by atomic mass is 9.93. The van der Waals surface area contributed by atoms with Gasteiger partial charge in [-0.05, 0) is 29.9 Å². The first kappa shape index (κ1) is 24.0. The van der Waals surface area contributed by atoms with Crippen molar-refractivity contribution in [2.24, 2.45) is 5.92 Å². The molecule has 0 spiro atoms. The van der Waals surface area contributed by atoms with Gasteiger partial charge in [-0.3, -0.25) is 9.69 Å². The minimum Gasteiger partial charge on any atom is -0.445 e. The second-order valence-electron chi connectivity index (χ2n) is 9.78. The van der Waals surface area contributed by atoms with Crippen molar-refractivity contribution < 1.29 is 14.3 Å². The number of likely N-dealkylation sites (tertiary alicyclic amines) is 1. The van der Waals surface area contributed by atoms with E-state index in [-0.39, 0.29) is 23.8 Å². The maximum Gasteiger partial charge on any atom is 0.410 e. The summed E-state index contributed by atoms with van der Waals surface area (Å²) in [6.07, 6.45) is 0.922. The number of amides is 2. The second kappa shape index (κ2) is 10.4. The van der Waals surface area contributed by atoms with Gasteiger partial charge in [0.05, 0.1) is 5.69 Å². The second-order valence-corrected chi connectivity index (χ2v) is 10.6. The Hall–Kier alpha value is -3.19. The number of carbonyl (C=O) groups is 2. The highest BCUT2D eigenvalue weighted by atomic mass is 32.1. The summed E-state index contributed by atoms with van der Waals surface area (Å²) < 4.78 is 5.58. The largest absolute Gasteiger partial charge is 0.445 e. The van der Waals surface area contributed by atoms with Gasteiger partial charge in [-0.1, -0.05) is 81.4 Å². The van der Waals surface area contributed by atoms with E-state index in [0.29, 0.717) is 18.1 Å². The molecule has 0 radical (unpaired) electrons. The van der Waals surface area contributed by atoms with Crippen molar-refractivity contribution in [2.75, 3.05) is 11.9 Å². The van der Waals surface area contributed by atoms with Crippen molar-refractivity contribution in [3.05, 3.63) is 82.9 Å². The minimum atomic E-state index is -0.598. The molecule has 1 aromatic heterocycles. The molecular weight excluding hydrogens is 446 g/mol. The smallest absolute Gasteiger partial charge is 0.410 e. The molecule has 7 heteroatoms. The SMILES string of the molecule is CC(C)(C)c1csc(NC(=O)C2CC(Cc3ccccc3)CN2C(=O)OCc2ccccc2)n1. The lowest BCUT2D eigenvalue weighted by molar-refractivity contribution is -0.120. The lowest BCUT2D eigenvalue weighted by Gasteiger charge is -2.23. The van der Waals surface area contributed by atoms with Crippen molar-refractivity contribution in [3.63, 3.8) is 0 Å². The van der Waals surface area contributed by atoms with E-state index in [2.05, 4.69) is 43.2 Å². The number of nitrogens with zero attached hydrogens (tertiary/aromatic N) is 2. The van der Waals surface area contributed by atoms with Crippen LogP contribution in [-0.4, -0.2) is 34.5 Å². The summed E-state index contributed by atoms with van der Waals surface area (Å²) in [5.41, 5.74) is 2.94. The summed E-state index contributed by atoms with van der Waals surface area (Å²) in [6.45, 7) is 6.91. The van der Waals surface area contributed by atoms with Crippen LogP contribution in [0.3, 0.4) is 0 Å². The molecule has 2 heterocycles. The number of aromatic nitrogens is 1. The van der Waals surface area contributed by atoms with Gasteiger partial charge in [0.15, 0.2) is 5.13 Å². The molecule has 1 N–H and O–H groups in total. The van der Waals surface area contributed by atoms with E-state index >= 15 is 0 Å². The molecule has 2 atom stereocenters. The van der Waals surface area contributed by atoms with Crippen molar-refractivity contribution in [1.82, 2.24) is 9.88 Å². The Morgan fingerprint density at radius 3 is 2.32 bits per heavy atom. The van der Waals surface area contributed by atoms with Gasteiger partial charge in [0.25, 0.3) is 0 Å². The number of hydrogen-bond acceptors (Lipinski definition) is 5. The fraction of sp³-hybridized carbons (Fsp3) is 0.370. The van der Waals surface area contributed by atoms with Crippen molar-refractivity contribution >= 4 is 28.5 Å². The van der Waals surface area contributed by atoms with E-state index in [0.717, 1.165) is 17.7 Å². The van der Waals surface area contributed by atoms with Crippen molar-refractivity contribution in [3.8, 4) is 0 Å². The third kappa shape index (κ3) is 6.03. The number of nitrogens with one attached hydrogen (secondary N) is 1. The zero-order chi connectivity index (χ0) is 24.1. The number of ether oxygens (including phenoxy) is 1. The molecule has 0 bridgehead atoms. The first-order valence-electron chi connectivity index (χ1n) is 11.6. The molecule has 1 aliphatic heterocycles. The Bertz CT molecular complexity index is 1110. The fourth-order valence-corrected chi connectivity index (χ4v) is 5.08. The summed E-state index contributed by atoms with van der Waals surface area (Å²) in [7, 11) is 0. The number of rotatable bonds is 6. The predicted molar refractivity (Wildman–Crippen MR) is 135 cm³/mol. The Morgan fingerprint density at radius 1 is 1.06 bits per heavy atom. The molecule has 0 aliphatic carbocycles. The van der Waals surface area contributed by atoms with Crippen LogP contribution < -0.4 is 5.32 Å². The molecule has 34 heavy (non-hydrogen) atoms. The predicted octanol–water partition coefficient (Wildman–Crippen LogP) is 5.65. The molecule has 178 valence electrons. The molecule has 2 unspecified atom stereocenters. The topological polar surface area (TPSA) is 71.5 Å². The summed E-state index contributed by atoms with van der Waals surface area (Å²) in [5.74, 6) is -0.0501. The minimum absolute atomic E-state index is 0.0963. The van der Waals surface area contributed by atoms with Crippen molar-refractivity contribution in [1.29, 1.82) is 0 Å². The molecule has 2 aromatic carbocycles.